The van der Waals surface area contributed by atoms with Crippen molar-refractivity contribution in [2.45, 2.75) is 13.3 Å². The van der Waals surface area contributed by atoms with Crippen LogP contribution in [0.5, 0.6) is 5.75 Å². The molecule has 2 nitrogen and oxygen atoms in total. The van der Waals surface area contributed by atoms with Crippen molar-refractivity contribution in [3.8, 4) is 5.75 Å². The summed E-state index contributed by atoms with van der Waals surface area (Å²) < 4.78 is 5.06. The first-order valence-electron chi connectivity index (χ1n) is 4.74. The number of benzene rings is 1. The third-order valence-corrected chi connectivity index (χ3v) is 2.14. The van der Waals surface area contributed by atoms with E-state index in [4.69, 9.17) is 9.84 Å². The Morgan fingerprint density at radius 2 is 2.00 bits per heavy atom. The number of methoxy groups -OCH3 is 1. The lowest BCUT2D eigenvalue weighted by Crippen LogP contribution is -1.88. The van der Waals surface area contributed by atoms with E-state index in [1.54, 1.807) is 7.11 Å². The van der Waals surface area contributed by atoms with Crippen LogP contribution in [-0.2, 0) is 0 Å². The third kappa shape index (κ3) is 2.89. The third-order valence-electron chi connectivity index (χ3n) is 2.14. The zero-order valence-corrected chi connectivity index (χ0v) is 8.66. The standard InChI is InChI=1S/C12H16O2/c1-3-10(9-13)8-11-4-6-12(14-2)7-5-11/h4-8,13H,3,9H2,1-2H3/b10-8+. The van der Waals surface area contributed by atoms with Gasteiger partial charge in [-0.1, -0.05) is 25.1 Å². The van der Waals surface area contributed by atoms with Gasteiger partial charge in [0.15, 0.2) is 0 Å². The second-order valence-corrected chi connectivity index (χ2v) is 3.09. The minimum absolute atomic E-state index is 0.128. The van der Waals surface area contributed by atoms with Gasteiger partial charge in [0.1, 0.15) is 5.75 Å². The van der Waals surface area contributed by atoms with E-state index >= 15 is 0 Å². The minimum Gasteiger partial charge on any atom is -0.497 e. The van der Waals surface area contributed by atoms with Crippen molar-refractivity contribution < 1.29 is 9.84 Å². The van der Waals surface area contributed by atoms with Crippen molar-refractivity contribution in [2.75, 3.05) is 13.7 Å². The molecule has 0 amide bonds. The van der Waals surface area contributed by atoms with Crippen LogP contribution in [0.2, 0.25) is 0 Å². The van der Waals surface area contributed by atoms with E-state index in [1.807, 2.05) is 37.3 Å². The molecular formula is C12H16O2. The molecule has 0 aliphatic rings. The number of ether oxygens (including phenoxy) is 1. The lowest BCUT2D eigenvalue weighted by atomic mass is 10.1. The molecule has 0 spiro atoms. The lowest BCUT2D eigenvalue weighted by molar-refractivity contribution is 0.329. The SMILES string of the molecule is CC/C(=C\c1ccc(OC)cc1)CO. The highest BCUT2D eigenvalue weighted by atomic mass is 16.5. The number of aliphatic hydroxyl groups is 1. The van der Waals surface area contributed by atoms with Gasteiger partial charge >= 0.3 is 0 Å². The van der Waals surface area contributed by atoms with Gasteiger partial charge in [-0.2, -0.15) is 0 Å². The molecule has 76 valence electrons. The smallest absolute Gasteiger partial charge is 0.118 e. The van der Waals surface area contributed by atoms with Crippen molar-refractivity contribution in [1.29, 1.82) is 0 Å². The lowest BCUT2D eigenvalue weighted by Gasteiger charge is -2.02. The Hall–Kier alpha value is -1.28. The van der Waals surface area contributed by atoms with Crippen LogP contribution in [0.1, 0.15) is 18.9 Å². The molecule has 14 heavy (non-hydrogen) atoms. The Bertz CT molecular complexity index is 293. The minimum atomic E-state index is 0.128. The average molecular weight is 192 g/mol. The predicted octanol–water partition coefficient (Wildman–Crippen LogP) is 2.48. The van der Waals surface area contributed by atoms with Crippen LogP contribution in [0.15, 0.2) is 29.8 Å². The highest BCUT2D eigenvalue weighted by molar-refractivity contribution is 5.53. The van der Waals surface area contributed by atoms with E-state index in [0.29, 0.717) is 0 Å². The highest BCUT2D eigenvalue weighted by Crippen LogP contribution is 2.14. The Labute approximate surface area is 84.8 Å². The number of rotatable bonds is 4. The molecule has 1 N–H and O–H groups in total. The van der Waals surface area contributed by atoms with E-state index in [2.05, 4.69) is 0 Å². The maximum atomic E-state index is 9.00. The van der Waals surface area contributed by atoms with E-state index in [1.165, 1.54) is 0 Å². The van der Waals surface area contributed by atoms with E-state index in [0.717, 1.165) is 23.3 Å². The van der Waals surface area contributed by atoms with Gasteiger partial charge in [0.2, 0.25) is 0 Å². The summed E-state index contributed by atoms with van der Waals surface area (Å²) in [7, 11) is 1.65. The fraction of sp³-hybridized carbons (Fsp3) is 0.333. The van der Waals surface area contributed by atoms with Crippen LogP contribution in [0.4, 0.5) is 0 Å². The van der Waals surface area contributed by atoms with Crippen molar-refractivity contribution in [2.24, 2.45) is 0 Å². The molecule has 0 saturated heterocycles. The van der Waals surface area contributed by atoms with E-state index in [-0.39, 0.29) is 6.61 Å². The van der Waals surface area contributed by atoms with Crippen LogP contribution < -0.4 is 4.74 Å². The number of hydrogen-bond donors (Lipinski definition) is 1. The van der Waals surface area contributed by atoms with Crippen LogP contribution in [-0.4, -0.2) is 18.8 Å². The maximum Gasteiger partial charge on any atom is 0.118 e. The van der Waals surface area contributed by atoms with Gasteiger partial charge in [-0.3, -0.25) is 0 Å². The first-order chi connectivity index (χ1) is 6.80. The largest absolute Gasteiger partial charge is 0.497 e. The fourth-order valence-corrected chi connectivity index (χ4v) is 1.20. The molecule has 0 heterocycles. The molecule has 2 heteroatoms. The second-order valence-electron chi connectivity index (χ2n) is 3.09. The van der Waals surface area contributed by atoms with Crippen LogP contribution in [0.25, 0.3) is 6.08 Å². The Balaban J connectivity index is 2.81. The molecule has 1 rings (SSSR count). The molecule has 0 saturated carbocycles. The molecule has 0 radical (unpaired) electrons. The Kier molecular flexibility index (Phi) is 4.20. The highest BCUT2D eigenvalue weighted by Gasteiger charge is 1.94. The molecule has 0 aliphatic heterocycles. The van der Waals surface area contributed by atoms with Crippen LogP contribution in [0.3, 0.4) is 0 Å². The van der Waals surface area contributed by atoms with Gasteiger partial charge in [-0.15, -0.1) is 0 Å². The average Bonchev–Trinajstić information content (AvgIpc) is 2.26. The van der Waals surface area contributed by atoms with Crippen molar-refractivity contribution in [1.82, 2.24) is 0 Å². The molecule has 0 bridgehead atoms. The van der Waals surface area contributed by atoms with E-state index < -0.39 is 0 Å². The topological polar surface area (TPSA) is 29.5 Å². The molecule has 1 aromatic carbocycles. The maximum absolute atomic E-state index is 9.00. The monoisotopic (exact) mass is 192 g/mol. The van der Waals surface area contributed by atoms with Crippen molar-refractivity contribution in [3.63, 3.8) is 0 Å². The summed E-state index contributed by atoms with van der Waals surface area (Å²) in [5.41, 5.74) is 2.13. The van der Waals surface area contributed by atoms with Gasteiger partial charge in [0.25, 0.3) is 0 Å². The molecule has 0 unspecified atom stereocenters. The zero-order valence-electron chi connectivity index (χ0n) is 8.66. The molecular weight excluding hydrogens is 176 g/mol. The summed E-state index contributed by atoms with van der Waals surface area (Å²) in [5.74, 6) is 0.851. The molecule has 0 fully saturated rings. The summed E-state index contributed by atoms with van der Waals surface area (Å²) in [4.78, 5) is 0. The van der Waals surface area contributed by atoms with Gasteiger partial charge in [-0.05, 0) is 29.7 Å². The quantitative estimate of drug-likeness (QED) is 0.794. The van der Waals surface area contributed by atoms with Gasteiger partial charge in [-0.25, -0.2) is 0 Å². The first kappa shape index (κ1) is 10.8. The first-order valence-corrected chi connectivity index (χ1v) is 4.74. The molecule has 0 aromatic heterocycles. The zero-order chi connectivity index (χ0) is 10.4. The van der Waals surface area contributed by atoms with E-state index in [9.17, 15) is 0 Å². The second kappa shape index (κ2) is 5.45. The summed E-state index contributed by atoms with van der Waals surface area (Å²) >= 11 is 0. The van der Waals surface area contributed by atoms with Crippen LogP contribution in [0, 0.1) is 0 Å². The molecule has 1 aromatic rings. The normalized spacial score (nSPS) is 11.5. The summed E-state index contributed by atoms with van der Waals surface area (Å²) in [6, 6.07) is 7.78. The summed E-state index contributed by atoms with van der Waals surface area (Å²) in [6.07, 6.45) is 2.88. The summed E-state index contributed by atoms with van der Waals surface area (Å²) in [6.45, 7) is 2.16. The molecule has 0 aliphatic carbocycles. The van der Waals surface area contributed by atoms with Crippen molar-refractivity contribution >= 4 is 6.08 Å². The number of hydrogen-bond acceptors (Lipinski definition) is 2. The van der Waals surface area contributed by atoms with Crippen LogP contribution >= 0.6 is 0 Å². The van der Waals surface area contributed by atoms with Gasteiger partial charge < -0.3 is 9.84 Å². The predicted molar refractivity (Wildman–Crippen MR) is 58.3 cm³/mol. The Morgan fingerprint density at radius 3 is 2.43 bits per heavy atom. The number of aliphatic hydroxyl groups excluding tert-OH is 1. The molecule has 0 atom stereocenters. The van der Waals surface area contributed by atoms with Crippen molar-refractivity contribution in [3.05, 3.63) is 35.4 Å². The Morgan fingerprint density at radius 1 is 1.36 bits per heavy atom. The fourth-order valence-electron chi connectivity index (χ4n) is 1.20. The van der Waals surface area contributed by atoms with Gasteiger partial charge in [0.05, 0.1) is 13.7 Å². The summed E-state index contributed by atoms with van der Waals surface area (Å²) in [5, 5.41) is 9.00. The van der Waals surface area contributed by atoms with Gasteiger partial charge in [0, 0.05) is 0 Å².